The largest absolute Gasteiger partial charge is 0.300 e. The highest BCUT2D eigenvalue weighted by Gasteiger charge is 2.06. The van der Waals surface area contributed by atoms with Gasteiger partial charge in [-0.1, -0.05) is 24.3 Å². The number of nitrogens with zero attached hydrogens (tertiary/aromatic N) is 3. The monoisotopic (exact) mass is 245 g/mol. The first kappa shape index (κ1) is 10.3. The lowest BCUT2D eigenvalue weighted by molar-refractivity contribution is 1.19. The van der Waals surface area contributed by atoms with Gasteiger partial charge in [0.05, 0.1) is 17.4 Å². The van der Waals surface area contributed by atoms with Gasteiger partial charge in [-0.3, -0.25) is 9.38 Å². The second-order valence-electron chi connectivity index (χ2n) is 4.49. The number of pyridine rings is 2. The van der Waals surface area contributed by atoms with Crippen molar-refractivity contribution >= 4 is 16.6 Å². The van der Waals surface area contributed by atoms with Crippen molar-refractivity contribution in [3.63, 3.8) is 0 Å². The molecular formula is C16H11N3. The fourth-order valence-corrected chi connectivity index (χ4v) is 2.36. The van der Waals surface area contributed by atoms with Crippen molar-refractivity contribution in [1.29, 1.82) is 0 Å². The highest BCUT2D eigenvalue weighted by atomic mass is 15.0. The molecule has 4 aromatic rings. The van der Waals surface area contributed by atoms with Crippen molar-refractivity contribution in [2.75, 3.05) is 0 Å². The summed E-state index contributed by atoms with van der Waals surface area (Å²) >= 11 is 0. The molecule has 4 rings (SSSR count). The van der Waals surface area contributed by atoms with Crippen molar-refractivity contribution in [3.05, 3.63) is 67.1 Å². The van der Waals surface area contributed by atoms with Crippen LogP contribution in [0.3, 0.4) is 0 Å². The van der Waals surface area contributed by atoms with Gasteiger partial charge in [0.25, 0.3) is 0 Å². The minimum Gasteiger partial charge on any atom is -0.300 e. The van der Waals surface area contributed by atoms with Gasteiger partial charge in [0.15, 0.2) is 0 Å². The van der Waals surface area contributed by atoms with E-state index in [1.54, 1.807) is 0 Å². The second kappa shape index (κ2) is 3.92. The maximum atomic E-state index is 4.50. The maximum absolute atomic E-state index is 4.50. The lowest BCUT2D eigenvalue weighted by Crippen LogP contribution is -1.88. The van der Waals surface area contributed by atoms with Gasteiger partial charge in [-0.25, -0.2) is 4.98 Å². The minimum atomic E-state index is 0.950. The number of para-hydroxylation sites is 1. The van der Waals surface area contributed by atoms with Gasteiger partial charge in [0.2, 0.25) is 0 Å². The van der Waals surface area contributed by atoms with E-state index in [-0.39, 0.29) is 0 Å². The van der Waals surface area contributed by atoms with Crippen LogP contribution in [0.2, 0.25) is 0 Å². The topological polar surface area (TPSA) is 30.2 Å². The van der Waals surface area contributed by atoms with E-state index in [1.807, 2.05) is 55.0 Å². The molecule has 0 N–H and O–H groups in total. The van der Waals surface area contributed by atoms with Crippen molar-refractivity contribution in [1.82, 2.24) is 14.4 Å². The standard InChI is InChI=1S/C16H11N3/c1-2-6-14-12(5-1)9-13(10-17-14)15-11-18-16-7-3-4-8-19(15)16/h1-11H. The van der Waals surface area contributed by atoms with E-state index >= 15 is 0 Å². The SMILES string of the molecule is c1ccc2ncc(-c3cnc4ccccn34)cc2c1. The summed E-state index contributed by atoms with van der Waals surface area (Å²) in [4.78, 5) is 8.91. The Morgan fingerprint density at radius 2 is 1.74 bits per heavy atom. The van der Waals surface area contributed by atoms with Crippen molar-refractivity contribution in [2.24, 2.45) is 0 Å². The van der Waals surface area contributed by atoms with Gasteiger partial charge in [0.1, 0.15) is 5.65 Å². The number of imidazole rings is 1. The molecule has 0 amide bonds. The van der Waals surface area contributed by atoms with Crippen LogP contribution in [0.15, 0.2) is 67.1 Å². The molecule has 0 fully saturated rings. The molecular weight excluding hydrogens is 234 g/mol. The van der Waals surface area contributed by atoms with Gasteiger partial charge in [0, 0.05) is 23.3 Å². The summed E-state index contributed by atoms with van der Waals surface area (Å²) in [5.41, 5.74) is 4.11. The molecule has 3 nitrogen and oxygen atoms in total. The van der Waals surface area contributed by atoms with Gasteiger partial charge in [-0.2, -0.15) is 0 Å². The van der Waals surface area contributed by atoms with E-state index in [0.29, 0.717) is 0 Å². The highest BCUT2D eigenvalue weighted by molar-refractivity contribution is 5.83. The molecule has 3 heterocycles. The lowest BCUT2D eigenvalue weighted by Gasteiger charge is -2.03. The van der Waals surface area contributed by atoms with Crippen LogP contribution in [0.4, 0.5) is 0 Å². The number of hydrogen-bond acceptors (Lipinski definition) is 2. The maximum Gasteiger partial charge on any atom is 0.137 e. The summed E-state index contributed by atoms with van der Waals surface area (Å²) in [6.45, 7) is 0. The predicted octanol–water partition coefficient (Wildman–Crippen LogP) is 3.55. The van der Waals surface area contributed by atoms with Crippen LogP contribution in [-0.4, -0.2) is 14.4 Å². The molecule has 0 radical (unpaired) electrons. The average molecular weight is 245 g/mol. The normalized spacial score (nSPS) is 11.2. The molecule has 0 aliphatic heterocycles. The summed E-state index contributed by atoms with van der Waals surface area (Å²) in [6, 6.07) is 16.3. The molecule has 0 atom stereocenters. The Balaban J connectivity index is 1.99. The quantitative estimate of drug-likeness (QED) is 0.513. The van der Waals surface area contributed by atoms with Crippen LogP contribution in [-0.2, 0) is 0 Å². The van der Waals surface area contributed by atoms with Gasteiger partial charge < -0.3 is 0 Å². The van der Waals surface area contributed by atoms with E-state index in [2.05, 4.69) is 26.5 Å². The predicted molar refractivity (Wildman–Crippen MR) is 75.9 cm³/mol. The third-order valence-corrected chi connectivity index (χ3v) is 3.30. The molecule has 0 bridgehead atoms. The Kier molecular flexibility index (Phi) is 2.12. The highest BCUT2D eigenvalue weighted by Crippen LogP contribution is 2.23. The number of aromatic nitrogens is 3. The zero-order valence-electron chi connectivity index (χ0n) is 10.2. The van der Waals surface area contributed by atoms with Crippen LogP contribution in [0.1, 0.15) is 0 Å². The molecule has 0 aliphatic rings. The Hall–Kier alpha value is -2.68. The number of benzene rings is 1. The first-order valence-electron chi connectivity index (χ1n) is 6.19. The van der Waals surface area contributed by atoms with Crippen LogP contribution in [0.25, 0.3) is 27.8 Å². The zero-order valence-corrected chi connectivity index (χ0v) is 10.2. The zero-order chi connectivity index (χ0) is 12.7. The summed E-state index contributed by atoms with van der Waals surface area (Å²) < 4.78 is 2.08. The van der Waals surface area contributed by atoms with Gasteiger partial charge >= 0.3 is 0 Å². The molecule has 1 aromatic carbocycles. The van der Waals surface area contributed by atoms with Crippen LogP contribution < -0.4 is 0 Å². The average Bonchev–Trinajstić information content (AvgIpc) is 2.91. The summed E-state index contributed by atoms with van der Waals surface area (Å²) in [5.74, 6) is 0. The molecule has 0 spiro atoms. The Bertz CT molecular complexity index is 877. The van der Waals surface area contributed by atoms with E-state index in [4.69, 9.17) is 0 Å². The van der Waals surface area contributed by atoms with E-state index in [0.717, 1.165) is 27.8 Å². The Morgan fingerprint density at radius 1 is 0.842 bits per heavy atom. The molecule has 3 aromatic heterocycles. The lowest BCUT2D eigenvalue weighted by atomic mass is 10.1. The van der Waals surface area contributed by atoms with E-state index in [9.17, 15) is 0 Å². The summed E-state index contributed by atoms with van der Waals surface area (Å²) in [7, 11) is 0. The van der Waals surface area contributed by atoms with Crippen LogP contribution in [0, 0.1) is 0 Å². The first-order valence-corrected chi connectivity index (χ1v) is 6.19. The third-order valence-electron chi connectivity index (χ3n) is 3.30. The molecule has 90 valence electrons. The molecule has 0 aliphatic carbocycles. The van der Waals surface area contributed by atoms with Gasteiger partial charge in [-0.05, 0) is 24.3 Å². The summed E-state index contributed by atoms with van der Waals surface area (Å²) in [6.07, 6.45) is 5.81. The van der Waals surface area contributed by atoms with Crippen molar-refractivity contribution in [3.8, 4) is 11.3 Å². The molecule has 0 saturated carbocycles. The van der Waals surface area contributed by atoms with Crippen LogP contribution in [0.5, 0.6) is 0 Å². The Morgan fingerprint density at radius 3 is 2.74 bits per heavy atom. The van der Waals surface area contributed by atoms with Crippen molar-refractivity contribution in [2.45, 2.75) is 0 Å². The van der Waals surface area contributed by atoms with Gasteiger partial charge in [-0.15, -0.1) is 0 Å². The second-order valence-corrected chi connectivity index (χ2v) is 4.49. The molecule has 3 heteroatoms. The Labute approximate surface area is 110 Å². The third kappa shape index (κ3) is 1.59. The minimum absolute atomic E-state index is 0.950. The molecule has 0 saturated heterocycles. The van der Waals surface area contributed by atoms with Crippen molar-refractivity contribution < 1.29 is 0 Å². The van der Waals surface area contributed by atoms with E-state index in [1.165, 1.54) is 0 Å². The number of hydrogen-bond donors (Lipinski definition) is 0. The fraction of sp³-hybridized carbons (Fsp3) is 0. The summed E-state index contributed by atoms with van der Waals surface area (Å²) in [5, 5.41) is 1.14. The molecule has 19 heavy (non-hydrogen) atoms. The molecule has 0 unspecified atom stereocenters. The number of fused-ring (bicyclic) bond motifs is 2. The smallest absolute Gasteiger partial charge is 0.137 e. The van der Waals surface area contributed by atoms with Crippen LogP contribution >= 0.6 is 0 Å². The number of rotatable bonds is 1. The fourth-order valence-electron chi connectivity index (χ4n) is 2.36. The first-order chi connectivity index (χ1) is 9.42. The van der Waals surface area contributed by atoms with E-state index < -0.39 is 0 Å².